The smallest absolute Gasteiger partial charge is 0.306 e. The van der Waals surface area contributed by atoms with Gasteiger partial charge in [-0.3, -0.25) is 4.79 Å². The van der Waals surface area contributed by atoms with Crippen molar-refractivity contribution < 1.29 is 69.0 Å². The van der Waals surface area contributed by atoms with E-state index in [0.29, 0.717) is 13.0 Å². The molecular formula is C50H82O14. The van der Waals surface area contributed by atoms with Crippen LogP contribution >= 0.6 is 0 Å². The SMILES string of the molecule is CC/C=C\C/C=C\C/C=C\C/C=C\C/C=C\C/C=C\C/C=C\CCCCCCOCC(COC1OC(COC2OC(CO)C(O)C(O)C2O)C(O)C(O)C1O)OC(=O)CCCCCC. The van der Waals surface area contributed by atoms with Crippen LogP contribution in [-0.2, 0) is 33.2 Å². The third-order valence-corrected chi connectivity index (χ3v) is 10.7. The van der Waals surface area contributed by atoms with Crippen molar-refractivity contribution >= 4 is 5.97 Å². The Bertz CT molecular complexity index is 1380. The molecule has 0 aliphatic carbocycles. The molecule has 0 aromatic rings. The minimum absolute atomic E-state index is 0.0374. The van der Waals surface area contributed by atoms with Crippen LogP contribution in [0.5, 0.6) is 0 Å². The van der Waals surface area contributed by atoms with E-state index < -0.39 is 86.7 Å². The third kappa shape index (κ3) is 25.2. The van der Waals surface area contributed by atoms with Crippen molar-refractivity contribution in [1.82, 2.24) is 0 Å². The van der Waals surface area contributed by atoms with Crippen LogP contribution in [0.3, 0.4) is 0 Å². The predicted octanol–water partition coefficient (Wildman–Crippen LogP) is 6.12. The van der Waals surface area contributed by atoms with E-state index in [1.807, 2.05) is 0 Å². The van der Waals surface area contributed by atoms with Gasteiger partial charge in [0.2, 0.25) is 0 Å². The van der Waals surface area contributed by atoms with E-state index in [-0.39, 0.29) is 19.6 Å². The highest BCUT2D eigenvalue weighted by Crippen LogP contribution is 2.26. The molecule has 0 bridgehead atoms. The number of hydrogen-bond donors (Lipinski definition) is 7. The van der Waals surface area contributed by atoms with Gasteiger partial charge in [0.05, 0.1) is 26.4 Å². The Morgan fingerprint density at radius 1 is 0.531 bits per heavy atom. The summed E-state index contributed by atoms with van der Waals surface area (Å²) in [5, 5.41) is 71.6. The van der Waals surface area contributed by atoms with E-state index in [1.54, 1.807) is 0 Å². The highest BCUT2D eigenvalue weighted by atomic mass is 16.7. The first-order valence-electron chi connectivity index (χ1n) is 23.7. The third-order valence-electron chi connectivity index (χ3n) is 10.7. The van der Waals surface area contributed by atoms with E-state index >= 15 is 0 Å². The van der Waals surface area contributed by atoms with Gasteiger partial charge in [-0.15, -0.1) is 0 Å². The lowest BCUT2D eigenvalue weighted by atomic mass is 9.98. The van der Waals surface area contributed by atoms with Crippen LogP contribution in [0.1, 0.15) is 123 Å². The minimum Gasteiger partial charge on any atom is -0.457 e. The van der Waals surface area contributed by atoms with Gasteiger partial charge in [-0.2, -0.15) is 0 Å². The number of carbonyl (C=O) groups is 1. The molecule has 0 saturated carbocycles. The number of allylic oxidation sites excluding steroid dienone is 14. The largest absolute Gasteiger partial charge is 0.457 e. The van der Waals surface area contributed by atoms with Crippen LogP contribution in [0.15, 0.2) is 85.1 Å². The second kappa shape index (κ2) is 37.3. The van der Waals surface area contributed by atoms with Gasteiger partial charge in [0.15, 0.2) is 12.6 Å². The Morgan fingerprint density at radius 2 is 1.02 bits per heavy atom. The number of unbranched alkanes of at least 4 members (excludes halogenated alkanes) is 7. The van der Waals surface area contributed by atoms with Crippen molar-refractivity contribution in [3.05, 3.63) is 85.1 Å². The first kappa shape index (κ1) is 57.3. The summed E-state index contributed by atoms with van der Waals surface area (Å²) in [5.74, 6) is -0.409. The molecular weight excluding hydrogens is 825 g/mol. The van der Waals surface area contributed by atoms with Crippen molar-refractivity contribution in [2.24, 2.45) is 0 Å². The summed E-state index contributed by atoms with van der Waals surface area (Å²) in [4.78, 5) is 12.7. The van der Waals surface area contributed by atoms with Crippen LogP contribution in [0.25, 0.3) is 0 Å². The molecule has 7 N–H and O–H groups in total. The monoisotopic (exact) mass is 907 g/mol. The Labute approximate surface area is 382 Å². The molecule has 2 fully saturated rings. The average molecular weight is 907 g/mol. The van der Waals surface area contributed by atoms with E-state index in [4.69, 9.17) is 28.4 Å². The molecule has 0 amide bonds. The van der Waals surface area contributed by atoms with Crippen LogP contribution in [0.2, 0.25) is 0 Å². The van der Waals surface area contributed by atoms with Gasteiger partial charge in [0.1, 0.15) is 54.9 Å². The first-order chi connectivity index (χ1) is 31.1. The normalized spacial score (nSPS) is 27.5. The summed E-state index contributed by atoms with van der Waals surface area (Å²) in [7, 11) is 0. The number of rotatable bonds is 35. The molecule has 2 aliphatic rings. The number of carbonyl (C=O) groups excluding carboxylic acids is 1. The number of hydrogen-bond acceptors (Lipinski definition) is 14. The molecule has 2 rings (SSSR count). The number of esters is 1. The van der Waals surface area contributed by atoms with E-state index in [1.165, 1.54) is 0 Å². The van der Waals surface area contributed by atoms with Gasteiger partial charge in [0, 0.05) is 13.0 Å². The highest BCUT2D eigenvalue weighted by Gasteiger charge is 2.47. The fraction of sp³-hybridized carbons (Fsp3) is 0.700. The Hall–Kier alpha value is -2.83. The van der Waals surface area contributed by atoms with Crippen LogP contribution in [0, 0.1) is 0 Å². The summed E-state index contributed by atoms with van der Waals surface area (Å²) in [6.45, 7) is 3.33. The van der Waals surface area contributed by atoms with E-state index in [0.717, 1.165) is 96.3 Å². The molecule has 2 heterocycles. The maximum atomic E-state index is 12.7. The van der Waals surface area contributed by atoms with Crippen molar-refractivity contribution in [3.8, 4) is 0 Å². The second-order valence-corrected chi connectivity index (χ2v) is 16.2. The molecule has 0 aromatic heterocycles. The number of aliphatic hydroxyl groups excluding tert-OH is 7. The maximum absolute atomic E-state index is 12.7. The standard InChI is InChI=1S/C50H82O14/c1-3-5-7-9-10-11-12-13-14-15-16-17-18-19-20-21-22-23-24-25-26-27-28-29-30-32-34-59-36-39(62-42(52)33-31-8-6-4-2)37-60-49-48(58)46(56)44(54)41(64-49)38-61-50-47(57)45(55)43(53)40(35-51)63-50/h5,7,10-11,13-14,16-17,19-20,22-23,25-26,39-41,43-51,53-58H,3-4,6,8-9,12,15,18,21,24,27-38H2,1-2H3/b7-5-,11-10-,14-13-,17-16-,20-19-,23-22-,26-25-. The Balaban J connectivity index is 1.66. The molecule has 0 aromatic carbocycles. The lowest BCUT2D eigenvalue weighted by molar-refractivity contribution is -0.332. The average Bonchev–Trinajstić information content (AvgIpc) is 3.29. The van der Waals surface area contributed by atoms with Crippen molar-refractivity contribution in [3.63, 3.8) is 0 Å². The second-order valence-electron chi connectivity index (χ2n) is 16.2. The van der Waals surface area contributed by atoms with Gasteiger partial charge in [-0.1, -0.05) is 131 Å². The quantitative estimate of drug-likeness (QED) is 0.0217. The molecule has 11 atom stereocenters. The fourth-order valence-corrected chi connectivity index (χ4v) is 6.79. The molecule has 2 saturated heterocycles. The van der Waals surface area contributed by atoms with Gasteiger partial charge in [-0.25, -0.2) is 0 Å². The van der Waals surface area contributed by atoms with Crippen LogP contribution in [-0.4, -0.2) is 142 Å². The van der Waals surface area contributed by atoms with Gasteiger partial charge < -0.3 is 64.2 Å². The molecule has 14 heteroatoms. The van der Waals surface area contributed by atoms with Crippen molar-refractivity contribution in [1.29, 1.82) is 0 Å². The number of ether oxygens (including phenoxy) is 6. The minimum atomic E-state index is -1.71. The molecule has 11 unspecified atom stereocenters. The Morgan fingerprint density at radius 3 is 1.56 bits per heavy atom. The lowest BCUT2D eigenvalue weighted by Crippen LogP contribution is -2.61. The van der Waals surface area contributed by atoms with Crippen molar-refractivity contribution in [2.45, 2.75) is 191 Å². The van der Waals surface area contributed by atoms with Gasteiger partial charge in [0.25, 0.3) is 0 Å². The zero-order valence-electron chi connectivity index (χ0n) is 38.5. The van der Waals surface area contributed by atoms with Crippen molar-refractivity contribution in [2.75, 3.05) is 33.0 Å². The van der Waals surface area contributed by atoms with Crippen LogP contribution in [0.4, 0.5) is 0 Å². The Kier molecular flexibility index (Phi) is 33.4. The molecule has 64 heavy (non-hydrogen) atoms. The maximum Gasteiger partial charge on any atom is 0.306 e. The van der Waals surface area contributed by atoms with E-state index in [2.05, 4.69) is 98.9 Å². The first-order valence-corrected chi connectivity index (χ1v) is 23.7. The summed E-state index contributed by atoms with van der Waals surface area (Å²) >= 11 is 0. The molecule has 2 aliphatic heterocycles. The molecule has 0 spiro atoms. The van der Waals surface area contributed by atoms with Crippen LogP contribution < -0.4 is 0 Å². The summed E-state index contributed by atoms with van der Waals surface area (Å²) in [6.07, 6.45) is 30.2. The molecule has 366 valence electrons. The highest BCUT2D eigenvalue weighted by molar-refractivity contribution is 5.69. The predicted molar refractivity (Wildman–Crippen MR) is 247 cm³/mol. The number of aliphatic hydroxyl groups is 7. The van der Waals surface area contributed by atoms with E-state index in [9.17, 15) is 40.5 Å². The summed E-state index contributed by atoms with van der Waals surface area (Å²) in [6, 6.07) is 0. The molecule has 14 nitrogen and oxygen atoms in total. The zero-order valence-corrected chi connectivity index (χ0v) is 38.5. The molecule has 0 radical (unpaired) electrons. The lowest BCUT2D eigenvalue weighted by Gasteiger charge is -2.42. The van der Waals surface area contributed by atoms with Gasteiger partial charge >= 0.3 is 5.97 Å². The summed E-state index contributed by atoms with van der Waals surface area (Å²) < 4.78 is 33.9. The summed E-state index contributed by atoms with van der Waals surface area (Å²) in [5.41, 5.74) is 0. The van der Waals surface area contributed by atoms with Gasteiger partial charge in [-0.05, 0) is 70.6 Å². The fourth-order valence-electron chi connectivity index (χ4n) is 6.79. The topological polar surface area (TPSA) is 214 Å². The zero-order chi connectivity index (χ0) is 46.6.